The van der Waals surface area contributed by atoms with Crippen LogP contribution in [0.15, 0.2) is 30.5 Å². The molecule has 146 valence electrons. The molecule has 0 saturated carbocycles. The quantitative estimate of drug-likeness (QED) is 0.553. The van der Waals surface area contributed by atoms with Crippen molar-refractivity contribution in [2.75, 3.05) is 34.3 Å². The van der Waals surface area contributed by atoms with E-state index in [2.05, 4.69) is 15.6 Å². The maximum Gasteiger partial charge on any atom is 0.328 e. The number of fused-ring (bicyclic) bond motifs is 1. The Labute approximate surface area is 158 Å². The second-order valence-corrected chi connectivity index (χ2v) is 6.37. The number of nitrogens with one attached hydrogen (secondary N) is 3. The average Bonchev–Trinajstić information content (AvgIpc) is 3.07. The lowest BCUT2D eigenvalue weighted by atomic mass is 10.0. The molecule has 1 unspecified atom stereocenters. The molecule has 27 heavy (non-hydrogen) atoms. The molecule has 0 aliphatic heterocycles. The number of hydrogen-bond acceptors (Lipinski definition) is 5. The van der Waals surface area contributed by atoms with E-state index >= 15 is 0 Å². The molecule has 0 saturated heterocycles. The molecule has 0 fully saturated rings. The molecule has 1 aromatic heterocycles. The highest BCUT2D eigenvalue weighted by Crippen LogP contribution is 2.19. The average molecular weight is 374 g/mol. The molecule has 8 nitrogen and oxygen atoms in total. The van der Waals surface area contributed by atoms with Gasteiger partial charge in [0, 0.05) is 43.5 Å². The highest BCUT2D eigenvalue weighted by molar-refractivity contribution is 5.87. The number of benzene rings is 1. The number of aromatic amines is 1. The number of likely N-dealkylation sites (N-methyl/N-ethyl adjacent to an activating group) is 1. The minimum absolute atomic E-state index is 0.0817. The van der Waals surface area contributed by atoms with Gasteiger partial charge in [-0.25, -0.2) is 4.79 Å². The van der Waals surface area contributed by atoms with Gasteiger partial charge in [-0.2, -0.15) is 0 Å². The van der Waals surface area contributed by atoms with Gasteiger partial charge < -0.3 is 20.4 Å². The molecule has 2 aromatic rings. The van der Waals surface area contributed by atoms with Gasteiger partial charge in [-0.1, -0.05) is 18.2 Å². The van der Waals surface area contributed by atoms with Crippen molar-refractivity contribution in [2.24, 2.45) is 0 Å². The third-order valence-electron chi connectivity index (χ3n) is 4.33. The van der Waals surface area contributed by atoms with Crippen LogP contribution in [0.2, 0.25) is 0 Å². The number of amides is 2. The van der Waals surface area contributed by atoms with Crippen LogP contribution in [0.4, 0.5) is 0 Å². The van der Waals surface area contributed by atoms with Gasteiger partial charge >= 0.3 is 5.97 Å². The first-order chi connectivity index (χ1) is 12.9. The fraction of sp³-hybridized carbons (Fsp3) is 0.421. The third-order valence-corrected chi connectivity index (χ3v) is 4.33. The van der Waals surface area contributed by atoms with Gasteiger partial charge in [-0.15, -0.1) is 0 Å². The summed E-state index contributed by atoms with van der Waals surface area (Å²) >= 11 is 0. The van der Waals surface area contributed by atoms with E-state index < -0.39 is 12.0 Å². The second kappa shape index (κ2) is 9.72. The lowest BCUT2D eigenvalue weighted by Crippen LogP contribution is -2.46. The Morgan fingerprint density at radius 3 is 2.67 bits per heavy atom. The summed E-state index contributed by atoms with van der Waals surface area (Å²) < 4.78 is 4.84. The predicted octanol–water partition coefficient (Wildman–Crippen LogP) is 0.436. The smallest absolute Gasteiger partial charge is 0.328 e. The van der Waals surface area contributed by atoms with E-state index in [9.17, 15) is 14.4 Å². The molecule has 1 atom stereocenters. The summed E-state index contributed by atoms with van der Waals surface area (Å²) in [6, 6.07) is 6.98. The first-order valence-corrected chi connectivity index (χ1v) is 8.76. The zero-order valence-corrected chi connectivity index (χ0v) is 15.9. The van der Waals surface area contributed by atoms with Gasteiger partial charge in [0.25, 0.3) is 0 Å². The van der Waals surface area contributed by atoms with E-state index in [1.165, 1.54) is 7.11 Å². The van der Waals surface area contributed by atoms with Crippen LogP contribution in [0, 0.1) is 0 Å². The van der Waals surface area contributed by atoms with Crippen LogP contribution in [0.1, 0.15) is 12.0 Å². The van der Waals surface area contributed by atoms with Crippen LogP contribution in [0.25, 0.3) is 10.9 Å². The summed E-state index contributed by atoms with van der Waals surface area (Å²) in [5.74, 6) is -0.889. The fourth-order valence-corrected chi connectivity index (χ4v) is 2.84. The molecule has 0 radical (unpaired) electrons. The summed E-state index contributed by atoms with van der Waals surface area (Å²) in [6.45, 7) is 0.525. The topological polar surface area (TPSA) is 104 Å². The van der Waals surface area contributed by atoms with Crippen molar-refractivity contribution in [3.63, 3.8) is 0 Å². The van der Waals surface area contributed by atoms with Crippen LogP contribution in [0.5, 0.6) is 0 Å². The lowest BCUT2D eigenvalue weighted by molar-refractivity contribution is -0.145. The lowest BCUT2D eigenvalue weighted by Gasteiger charge is -2.20. The number of para-hydroxylation sites is 1. The number of ether oxygens (including phenoxy) is 1. The van der Waals surface area contributed by atoms with Crippen molar-refractivity contribution >= 4 is 28.7 Å². The molecule has 2 amide bonds. The van der Waals surface area contributed by atoms with Crippen LogP contribution in [-0.2, 0) is 25.5 Å². The van der Waals surface area contributed by atoms with Crippen LogP contribution < -0.4 is 10.6 Å². The zero-order chi connectivity index (χ0) is 19.8. The normalized spacial score (nSPS) is 12.0. The molecule has 0 spiro atoms. The van der Waals surface area contributed by atoms with Crippen molar-refractivity contribution in [1.29, 1.82) is 0 Å². The monoisotopic (exact) mass is 374 g/mol. The number of carbonyl (C=O) groups excluding carboxylic acids is 3. The van der Waals surface area contributed by atoms with Crippen molar-refractivity contribution in [2.45, 2.75) is 18.9 Å². The Bertz CT molecular complexity index is 802. The van der Waals surface area contributed by atoms with Crippen LogP contribution in [-0.4, -0.2) is 68.0 Å². The maximum atomic E-state index is 12.3. The van der Waals surface area contributed by atoms with E-state index in [0.29, 0.717) is 19.4 Å². The van der Waals surface area contributed by atoms with Crippen LogP contribution >= 0.6 is 0 Å². The van der Waals surface area contributed by atoms with E-state index in [1.54, 1.807) is 19.0 Å². The van der Waals surface area contributed by atoms with E-state index in [-0.39, 0.29) is 18.4 Å². The maximum absolute atomic E-state index is 12.3. The molecular weight excluding hydrogens is 348 g/mol. The molecule has 1 heterocycles. The summed E-state index contributed by atoms with van der Waals surface area (Å²) in [5, 5.41) is 6.27. The molecule has 3 N–H and O–H groups in total. The van der Waals surface area contributed by atoms with E-state index in [1.807, 2.05) is 30.5 Å². The first kappa shape index (κ1) is 20.4. The van der Waals surface area contributed by atoms with Crippen molar-refractivity contribution in [3.05, 3.63) is 36.0 Å². The molecule has 2 rings (SSSR count). The molecule has 8 heteroatoms. The van der Waals surface area contributed by atoms with Gasteiger partial charge in [-0.05, 0) is 18.7 Å². The number of H-pyrrole nitrogens is 1. The van der Waals surface area contributed by atoms with Gasteiger partial charge in [-0.3, -0.25) is 14.5 Å². The number of esters is 1. The molecule has 0 aliphatic carbocycles. The van der Waals surface area contributed by atoms with Gasteiger partial charge in [0.05, 0.1) is 13.7 Å². The fourth-order valence-electron chi connectivity index (χ4n) is 2.84. The number of aromatic nitrogens is 1. The van der Waals surface area contributed by atoms with E-state index in [4.69, 9.17) is 4.74 Å². The minimum atomic E-state index is -0.783. The van der Waals surface area contributed by atoms with E-state index in [0.717, 1.165) is 16.5 Å². The van der Waals surface area contributed by atoms with Crippen molar-refractivity contribution < 1.29 is 19.1 Å². The highest BCUT2D eigenvalue weighted by atomic mass is 16.5. The summed E-state index contributed by atoms with van der Waals surface area (Å²) in [6.07, 6.45) is 2.46. The SMILES string of the molecule is CNC(=O)CCN(C)CC(=O)NC(Cc1c[nH]c2ccccc12)C(=O)OC. The number of methoxy groups -OCH3 is 1. The Kier molecular flexibility index (Phi) is 7.36. The number of hydrogen-bond donors (Lipinski definition) is 3. The number of carbonyl (C=O) groups is 3. The second-order valence-electron chi connectivity index (χ2n) is 6.37. The molecule has 0 aliphatic rings. The van der Waals surface area contributed by atoms with Crippen molar-refractivity contribution in [1.82, 2.24) is 20.5 Å². The van der Waals surface area contributed by atoms with Crippen LogP contribution in [0.3, 0.4) is 0 Å². The number of nitrogens with zero attached hydrogens (tertiary/aromatic N) is 1. The first-order valence-electron chi connectivity index (χ1n) is 8.76. The summed E-state index contributed by atoms with van der Waals surface area (Å²) in [4.78, 5) is 40.6. The zero-order valence-electron chi connectivity index (χ0n) is 15.9. The Hall–Kier alpha value is -2.87. The Morgan fingerprint density at radius 2 is 1.96 bits per heavy atom. The summed E-state index contributed by atoms with van der Waals surface area (Å²) in [7, 11) is 4.61. The number of rotatable bonds is 9. The predicted molar refractivity (Wildman–Crippen MR) is 102 cm³/mol. The highest BCUT2D eigenvalue weighted by Gasteiger charge is 2.23. The molecular formula is C19H26N4O4. The van der Waals surface area contributed by atoms with Gasteiger partial charge in [0.1, 0.15) is 6.04 Å². The minimum Gasteiger partial charge on any atom is -0.467 e. The third kappa shape index (κ3) is 5.82. The Balaban J connectivity index is 1.99. The van der Waals surface area contributed by atoms with Gasteiger partial charge in [0.15, 0.2) is 0 Å². The molecule has 1 aromatic carbocycles. The Morgan fingerprint density at radius 1 is 1.22 bits per heavy atom. The van der Waals surface area contributed by atoms with Gasteiger partial charge in [0.2, 0.25) is 11.8 Å². The standard InChI is InChI=1S/C19H26N4O4/c1-20-17(24)8-9-23(2)12-18(25)22-16(19(26)27-3)10-13-11-21-15-7-5-4-6-14(13)15/h4-7,11,16,21H,8-10,12H2,1-3H3,(H,20,24)(H,22,25). The van der Waals surface area contributed by atoms with Crippen molar-refractivity contribution in [3.8, 4) is 0 Å². The summed E-state index contributed by atoms with van der Waals surface area (Å²) in [5.41, 5.74) is 1.89. The molecule has 0 bridgehead atoms. The largest absolute Gasteiger partial charge is 0.467 e.